The van der Waals surface area contributed by atoms with E-state index in [4.69, 9.17) is 4.65 Å². The fourth-order valence-corrected chi connectivity index (χ4v) is 3.36. The van der Waals surface area contributed by atoms with Crippen molar-refractivity contribution in [1.29, 1.82) is 5.26 Å². The SMILES string of the molecule is CC(C)(O)C(C)(C)OBc1cccc(C2(C#N)Cc3ccccc3C2)c1. The Morgan fingerprint density at radius 3 is 2.19 bits per heavy atom. The average Bonchev–Trinajstić information content (AvgIpc) is 2.99. The highest BCUT2D eigenvalue weighted by atomic mass is 16.5. The minimum Gasteiger partial charge on any atom is -0.427 e. The van der Waals surface area contributed by atoms with Gasteiger partial charge in [0.05, 0.1) is 22.7 Å². The number of benzene rings is 2. The Morgan fingerprint density at radius 2 is 1.65 bits per heavy atom. The van der Waals surface area contributed by atoms with Crippen molar-refractivity contribution in [3.63, 3.8) is 0 Å². The molecule has 0 fully saturated rings. The first-order valence-electron chi connectivity index (χ1n) is 9.11. The van der Waals surface area contributed by atoms with E-state index in [0.717, 1.165) is 23.9 Å². The van der Waals surface area contributed by atoms with E-state index in [1.807, 2.05) is 44.2 Å². The summed E-state index contributed by atoms with van der Waals surface area (Å²) in [6.45, 7) is 7.29. The zero-order chi connectivity index (χ0) is 19.0. The maximum Gasteiger partial charge on any atom is 0.309 e. The number of nitriles is 1. The van der Waals surface area contributed by atoms with Crippen LogP contribution in [0.2, 0.25) is 0 Å². The lowest BCUT2D eigenvalue weighted by atomic mass is 9.75. The lowest BCUT2D eigenvalue weighted by molar-refractivity contribution is -0.0893. The molecule has 1 aliphatic rings. The number of nitrogens with zero attached hydrogens (tertiary/aromatic N) is 1. The third-order valence-electron chi connectivity index (χ3n) is 5.87. The number of fused-ring (bicyclic) bond motifs is 1. The molecule has 0 heterocycles. The second-order valence-corrected chi connectivity index (χ2v) is 8.37. The molecule has 0 unspecified atom stereocenters. The van der Waals surface area contributed by atoms with Gasteiger partial charge in [-0.05, 0) is 57.2 Å². The van der Waals surface area contributed by atoms with Crippen LogP contribution in [0.1, 0.15) is 44.4 Å². The van der Waals surface area contributed by atoms with Crippen LogP contribution >= 0.6 is 0 Å². The van der Waals surface area contributed by atoms with Gasteiger partial charge < -0.3 is 9.76 Å². The second kappa shape index (κ2) is 6.57. The minimum absolute atomic E-state index is 0.402. The molecule has 2 aromatic rings. The summed E-state index contributed by atoms with van der Waals surface area (Å²) in [7, 11) is 0.402. The maximum atomic E-state index is 10.3. The van der Waals surface area contributed by atoms with Gasteiger partial charge in [-0.1, -0.05) is 54.0 Å². The van der Waals surface area contributed by atoms with E-state index in [-0.39, 0.29) is 0 Å². The topological polar surface area (TPSA) is 53.2 Å². The molecule has 0 spiro atoms. The highest BCUT2D eigenvalue weighted by molar-refractivity contribution is 6.47. The van der Waals surface area contributed by atoms with Crippen molar-refractivity contribution in [2.24, 2.45) is 0 Å². The number of aliphatic hydroxyl groups is 1. The van der Waals surface area contributed by atoms with Crippen LogP contribution < -0.4 is 5.46 Å². The van der Waals surface area contributed by atoms with Crippen molar-refractivity contribution in [2.75, 3.05) is 0 Å². The van der Waals surface area contributed by atoms with E-state index < -0.39 is 16.6 Å². The summed E-state index contributed by atoms with van der Waals surface area (Å²) in [6, 6.07) is 19.0. The monoisotopic (exact) mass is 347 g/mol. The minimum atomic E-state index is -0.939. The summed E-state index contributed by atoms with van der Waals surface area (Å²) >= 11 is 0. The number of hydrogen-bond acceptors (Lipinski definition) is 3. The highest BCUT2D eigenvalue weighted by Gasteiger charge is 2.39. The first-order chi connectivity index (χ1) is 12.2. The molecule has 0 saturated carbocycles. The van der Waals surface area contributed by atoms with Gasteiger partial charge in [0, 0.05) is 0 Å². The number of rotatable bonds is 5. The molecule has 0 saturated heterocycles. The van der Waals surface area contributed by atoms with Gasteiger partial charge in [0.15, 0.2) is 0 Å². The Labute approximate surface area is 156 Å². The normalized spacial score (nSPS) is 16.0. The highest BCUT2D eigenvalue weighted by Crippen LogP contribution is 2.39. The standard InChI is InChI=1S/C22H26BNO2/c1-20(2,25)21(3,4)26-23-19-11-7-10-18(12-19)22(15-24)13-16-8-5-6-9-17(16)14-22/h5-12,23,25H,13-14H2,1-4H3. The Balaban J connectivity index is 1.83. The zero-order valence-corrected chi connectivity index (χ0v) is 16.0. The van der Waals surface area contributed by atoms with Crippen molar-refractivity contribution in [3.05, 3.63) is 65.2 Å². The maximum absolute atomic E-state index is 10.3. The molecule has 0 amide bonds. The van der Waals surface area contributed by atoms with Crippen LogP contribution in [0.25, 0.3) is 0 Å². The summed E-state index contributed by atoms with van der Waals surface area (Å²) in [5.74, 6) is 0. The molecule has 0 aliphatic heterocycles. The summed E-state index contributed by atoms with van der Waals surface area (Å²) in [4.78, 5) is 0. The van der Waals surface area contributed by atoms with Crippen LogP contribution in [0, 0.1) is 11.3 Å². The average molecular weight is 347 g/mol. The van der Waals surface area contributed by atoms with Gasteiger partial charge in [0.1, 0.15) is 0 Å². The van der Waals surface area contributed by atoms with E-state index in [1.54, 1.807) is 13.8 Å². The lowest BCUT2D eigenvalue weighted by Gasteiger charge is -2.37. The Bertz CT molecular complexity index is 821. The summed E-state index contributed by atoms with van der Waals surface area (Å²) in [5, 5.41) is 20.2. The summed E-state index contributed by atoms with van der Waals surface area (Å²) in [5.41, 5.74) is 2.47. The van der Waals surface area contributed by atoms with Gasteiger partial charge >= 0.3 is 7.48 Å². The summed E-state index contributed by atoms with van der Waals surface area (Å²) in [6.07, 6.45) is 1.50. The molecule has 0 bridgehead atoms. The molecule has 1 N–H and O–H groups in total. The smallest absolute Gasteiger partial charge is 0.309 e. The fraction of sp³-hybridized carbons (Fsp3) is 0.409. The van der Waals surface area contributed by atoms with Gasteiger partial charge in [-0.3, -0.25) is 0 Å². The van der Waals surface area contributed by atoms with E-state index >= 15 is 0 Å². The fourth-order valence-electron chi connectivity index (χ4n) is 3.36. The summed E-state index contributed by atoms with van der Waals surface area (Å²) < 4.78 is 5.99. The molecule has 0 radical (unpaired) electrons. The van der Waals surface area contributed by atoms with Gasteiger partial charge in [0.2, 0.25) is 0 Å². The third kappa shape index (κ3) is 3.42. The van der Waals surface area contributed by atoms with Crippen LogP contribution in [0.5, 0.6) is 0 Å². The van der Waals surface area contributed by atoms with Gasteiger partial charge in [0.25, 0.3) is 0 Å². The molecule has 26 heavy (non-hydrogen) atoms. The van der Waals surface area contributed by atoms with Gasteiger partial charge in [-0.25, -0.2) is 0 Å². The van der Waals surface area contributed by atoms with Crippen molar-refractivity contribution < 1.29 is 9.76 Å². The third-order valence-corrected chi connectivity index (χ3v) is 5.87. The van der Waals surface area contributed by atoms with E-state index in [9.17, 15) is 10.4 Å². The van der Waals surface area contributed by atoms with E-state index in [0.29, 0.717) is 7.48 Å². The van der Waals surface area contributed by atoms with Crippen LogP contribution in [0.3, 0.4) is 0 Å². The Kier molecular flexibility index (Phi) is 4.73. The molecule has 2 aromatic carbocycles. The quantitative estimate of drug-likeness (QED) is 0.847. The van der Waals surface area contributed by atoms with Crippen molar-refractivity contribution >= 4 is 12.9 Å². The molecular weight excluding hydrogens is 321 g/mol. The molecule has 3 rings (SSSR count). The van der Waals surface area contributed by atoms with Crippen molar-refractivity contribution in [3.8, 4) is 6.07 Å². The molecule has 3 nitrogen and oxygen atoms in total. The first kappa shape index (κ1) is 18.7. The van der Waals surface area contributed by atoms with E-state index in [2.05, 4.69) is 24.3 Å². The van der Waals surface area contributed by atoms with Crippen LogP contribution in [0.4, 0.5) is 0 Å². The lowest BCUT2D eigenvalue weighted by Crippen LogP contribution is -2.49. The molecule has 4 heteroatoms. The van der Waals surface area contributed by atoms with Crippen LogP contribution in [-0.4, -0.2) is 23.8 Å². The molecule has 0 aromatic heterocycles. The van der Waals surface area contributed by atoms with Gasteiger partial charge in [-0.2, -0.15) is 5.26 Å². The molecule has 134 valence electrons. The predicted molar refractivity (Wildman–Crippen MR) is 106 cm³/mol. The Hall–Kier alpha value is -2.09. The van der Waals surface area contributed by atoms with Crippen molar-refractivity contribution in [2.45, 2.75) is 57.2 Å². The predicted octanol–water partition coefficient (Wildman–Crippen LogP) is 2.79. The van der Waals surface area contributed by atoms with Crippen LogP contribution in [-0.2, 0) is 22.9 Å². The Morgan fingerprint density at radius 1 is 1.04 bits per heavy atom. The van der Waals surface area contributed by atoms with Crippen LogP contribution in [0.15, 0.2) is 48.5 Å². The van der Waals surface area contributed by atoms with Crippen molar-refractivity contribution in [1.82, 2.24) is 0 Å². The number of hydrogen-bond donors (Lipinski definition) is 1. The van der Waals surface area contributed by atoms with E-state index in [1.165, 1.54) is 11.1 Å². The molecule has 0 atom stereocenters. The molecule has 1 aliphatic carbocycles. The largest absolute Gasteiger partial charge is 0.427 e. The second-order valence-electron chi connectivity index (χ2n) is 8.37. The van der Waals surface area contributed by atoms with Gasteiger partial charge in [-0.15, -0.1) is 0 Å². The zero-order valence-electron chi connectivity index (χ0n) is 16.0. The first-order valence-corrected chi connectivity index (χ1v) is 9.11. The molecular formula is C22H26BNO2.